The quantitative estimate of drug-likeness (QED) is 0.894. The number of aromatic nitrogens is 1. The van der Waals surface area contributed by atoms with E-state index >= 15 is 0 Å². The monoisotopic (exact) mass is 265 g/mol. The van der Waals surface area contributed by atoms with Crippen molar-refractivity contribution in [3.8, 4) is 0 Å². The number of anilines is 1. The normalized spacial score (nSPS) is 24.7. The van der Waals surface area contributed by atoms with Crippen molar-refractivity contribution in [3.63, 3.8) is 0 Å². The Balaban J connectivity index is 1.82. The predicted octanol–water partition coefficient (Wildman–Crippen LogP) is 2.90. The first kappa shape index (κ1) is 12.4. The average molecular weight is 265 g/mol. The molecule has 2 N–H and O–H groups in total. The molecule has 18 heavy (non-hydrogen) atoms. The highest BCUT2D eigenvalue weighted by Gasteiger charge is 2.25. The molecule has 1 saturated heterocycles. The zero-order valence-electron chi connectivity index (χ0n) is 11.0. The maximum absolute atomic E-state index is 5.88. The summed E-state index contributed by atoms with van der Waals surface area (Å²) in [6.45, 7) is 3.15. The van der Waals surface area contributed by atoms with E-state index in [0.717, 1.165) is 6.54 Å². The molecule has 1 aliphatic carbocycles. The molecule has 1 aliphatic heterocycles. The van der Waals surface area contributed by atoms with Crippen LogP contribution in [0.2, 0.25) is 0 Å². The number of nitrogens with two attached hydrogens (primary N) is 1. The van der Waals surface area contributed by atoms with Crippen molar-refractivity contribution in [2.45, 2.75) is 50.9 Å². The van der Waals surface area contributed by atoms with Crippen LogP contribution in [0.15, 0.2) is 0 Å². The molecule has 0 amide bonds. The first-order valence-corrected chi connectivity index (χ1v) is 8.14. The summed E-state index contributed by atoms with van der Waals surface area (Å²) < 4.78 is 0. The van der Waals surface area contributed by atoms with Crippen molar-refractivity contribution in [1.82, 2.24) is 4.98 Å². The van der Waals surface area contributed by atoms with E-state index in [2.05, 4.69) is 4.90 Å². The Hall–Kier alpha value is -0.610. The van der Waals surface area contributed by atoms with E-state index in [4.69, 9.17) is 10.7 Å². The van der Waals surface area contributed by atoms with Crippen LogP contribution in [0, 0.1) is 0 Å². The second kappa shape index (κ2) is 5.57. The van der Waals surface area contributed by atoms with Crippen molar-refractivity contribution in [3.05, 3.63) is 10.6 Å². The van der Waals surface area contributed by atoms with E-state index in [9.17, 15) is 0 Å². The Kier molecular flexibility index (Phi) is 3.85. The topological polar surface area (TPSA) is 42.1 Å². The van der Waals surface area contributed by atoms with Gasteiger partial charge in [-0.15, -0.1) is 11.3 Å². The molecule has 0 saturated carbocycles. The molecule has 100 valence electrons. The largest absolute Gasteiger partial charge is 0.348 e. The predicted molar refractivity (Wildman–Crippen MR) is 77.5 cm³/mol. The molecule has 4 heteroatoms. The fourth-order valence-electron chi connectivity index (χ4n) is 3.12. The van der Waals surface area contributed by atoms with Crippen LogP contribution in [-0.4, -0.2) is 24.6 Å². The number of hydrogen-bond donors (Lipinski definition) is 1. The molecule has 3 rings (SSSR count). The first-order valence-electron chi connectivity index (χ1n) is 7.33. The summed E-state index contributed by atoms with van der Waals surface area (Å²) in [5.41, 5.74) is 7.21. The zero-order chi connectivity index (χ0) is 12.4. The third-order valence-electron chi connectivity index (χ3n) is 4.22. The molecule has 0 spiro atoms. The summed E-state index contributed by atoms with van der Waals surface area (Å²) in [7, 11) is 0. The Morgan fingerprint density at radius 3 is 2.67 bits per heavy atom. The lowest BCUT2D eigenvalue weighted by molar-refractivity contribution is 0.553. The number of aryl methyl sites for hydroxylation is 1. The summed E-state index contributed by atoms with van der Waals surface area (Å²) in [5, 5.41) is 1.27. The molecule has 2 heterocycles. The van der Waals surface area contributed by atoms with Gasteiger partial charge in [0.05, 0.1) is 5.69 Å². The van der Waals surface area contributed by atoms with Crippen LogP contribution < -0.4 is 10.6 Å². The number of hydrogen-bond acceptors (Lipinski definition) is 4. The van der Waals surface area contributed by atoms with Crippen LogP contribution in [0.25, 0.3) is 0 Å². The molecule has 3 nitrogen and oxygen atoms in total. The molecule has 1 aromatic rings. The van der Waals surface area contributed by atoms with Crippen molar-refractivity contribution in [1.29, 1.82) is 0 Å². The second-order valence-electron chi connectivity index (χ2n) is 5.53. The number of thiazole rings is 1. The highest BCUT2D eigenvalue weighted by molar-refractivity contribution is 7.15. The van der Waals surface area contributed by atoms with E-state index < -0.39 is 0 Å². The van der Waals surface area contributed by atoms with Gasteiger partial charge in [-0.2, -0.15) is 0 Å². The van der Waals surface area contributed by atoms with Crippen LogP contribution in [0.1, 0.15) is 55.0 Å². The van der Waals surface area contributed by atoms with Gasteiger partial charge in [0.15, 0.2) is 5.13 Å². The highest BCUT2D eigenvalue weighted by Crippen LogP contribution is 2.37. The minimum atomic E-state index is 0.519. The lowest BCUT2D eigenvalue weighted by atomic mass is 9.91. The first-order chi connectivity index (χ1) is 8.88. The molecule has 1 atom stereocenters. The van der Waals surface area contributed by atoms with Gasteiger partial charge >= 0.3 is 0 Å². The van der Waals surface area contributed by atoms with Crippen LogP contribution in [0.4, 0.5) is 5.13 Å². The molecular weight excluding hydrogens is 242 g/mol. The Labute approximate surface area is 113 Å². The van der Waals surface area contributed by atoms with Crippen LogP contribution >= 0.6 is 11.3 Å². The van der Waals surface area contributed by atoms with E-state index in [0.29, 0.717) is 5.92 Å². The van der Waals surface area contributed by atoms with Crippen molar-refractivity contribution in [2.24, 2.45) is 5.73 Å². The molecular formula is C14H23N3S. The lowest BCUT2D eigenvalue weighted by Gasteiger charge is -2.19. The summed E-state index contributed by atoms with van der Waals surface area (Å²) in [4.78, 5) is 8.95. The molecule has 2 aliphatic rings. The van der Waals surface area contributed by atoms with Gasteiger partial charge in [0, 0.05) is 30.4 Å². The minimum absolute atomic E-state index is 0.519. The van der Waals surface area contributed by atoms with Crippen LogP contribution in [-0.2, 0) is 6.42 Å². The van der Waals surface area contributed by atoms with E-state index in [1.54, 1.807) is 0 Å². The standard InChI is InChI=1S/C14H23N3S/c15-10-11-6-5-7-12-13(11)16-14(18-12)17-8-3-1-2-4-9-17/h11H,1-10,15H2. The molecule has 0 aromatic carbocycles. The summed E-state index contributed by atoms with van der Waals surface area (Å²) in [6.07, 6.45) is 9.15. The van der Waals surface area contributed by atoms with Gasteiger partial charge in [0.25, 0.3) is 0 Å². The SMILES string of the molecule is NCC1CCCc2sc(N3CCCCCC3)nc21. The van der Waals surface area contributed by atoms with E-state index in [-0.39, 0.29) is 0 Å². The number of fused-ring (bicyclic) bond motifs is 1. The van der Waals surface area contributed by atoms with E-state index in [1.165, 1.54) is 73.7 Å². The molecule has 1 unspecified atom stereocenters. The molecule has 1 fully saturated rings. The third-order valence-corrected chi connectivity index (χ3v) is 5.41. The van der Waals surface area contributed by atoms with Gasteiger partial charge in [-0.3, -0.25) is 0 Å². The Bertz CT molecular complexity index is 394. The highest BCUT2D eigenvalue weighted by atomic mass is 32.1. The second-order valence-corrected chi connectivity index (χ2v) is 6.59. The molecule has 1 aromatic heterocycles. The Morgan fingerprint density at radius 1 is 1.17 bits per heavy atom. The van der Waals surface area contributed by atoms with Gasteiger partial charge in [-0.1, -0.05) is 12.8 Å². The third kappa shape index (κ3) is 2.41. The van der Waals surface area contributed by atoms with Gasteiger partial charge in [-0.25, -0.2) is 4.98 Å². The summed E-state index contributed by atoms with van der Waals surface area (Å²) >= 11 is 1.93. The molecule has 0 radical (unpaired) electrons. The van der Waals surface area contributed by atoms with Crippen molar-refractivity contribution >= 4 is 16.5 Å². The maximum atomic E-state index is 5.88. The van der Waals surface area contributed by atoms with Gasteiger partial charge in [0.1, 0.15) is 0 Å². The number of rotatable bonds is 2. The number of nitrogens with zero attached hydrogens (tertiary/aromatic N) is 2. The summed E-state index contributed by atoms with van der Waals surface area (Å²) in [5.74, 6) is 0.519. The Morgan fingerprint density at radius 2 is 1.94 bits per heavy atom. The minimum Gasteiger partial charge on any atom is -0.348 e. The maximum Gasteiger partial charge on any atom is 0.185 e. The van der Waals surface area contributed by atoms with Gasteiger partial charge in [-0.05, 0) is 32.1 Å². The van der Waals surface area contributed by atoms with Gasteiger partial charge < -0.3 is 10.6 Å². The van der Waals surface area contributed by atoms with Gasteiger partial charge in [0.2, 0.25) is 0 Å². The average Bonchev–Trinajstić information content (AvgIpc) is 2.65. The fourth-order valence-corrected chi connectivity index (χ4v) is 4.36. The molecule has 0 bridgehead atoms. The van der Waals surface area contributed by atoms with E-state index in [1.807, 2.05) is 11.3 Å². The smallest absolute Gasteiger partial charge is 0.185 e. The lowest BCUT2D eigenvalue weighted by Crippen LogP contribution is -2.24. The zero-order valence-corrected chi connectivity index (χ0v) is 11.8. The fraction of sp³-hybridized carbons (Fsp3) is 0.786. The van der Waals surface area contributed by atoms with Crippen molar-refractivity contribution in [2.75, 3.05) is 24.5 Å². The van der Waals surface area contributed by atoms with Crippen molar-refractivity contribution < 1.29 is 0 Å². The van der Waals surface area contributed by atoms with Crippen LogP contribution in [0.3, 0.4) is 0 Å². The summed E-state index contributed by atoms with van der Waals surface area (Å²) in [6, 6.07) is 0. The van der Waals surface area contributed by atoms with Crippen LogP contribution in [0.5, 0.6) is 0 Å².